The lowest BCUT2D eigenvalue weighted by molar-refractivity contribution is -0.144. The van der Waals surface area contributed by atoms with Gasteiger partial charge in [-0.2, -0.15) is 0 Å². The first kappa shape index (κ1) is 22.7. The molecule has 0 aromatic carbocycles. The molecule has 1 fully saturated rings. The Kier molecular flexibility index (Phi) is 8.34. The van der Waals surface area contributed by atoms with Crippen molar-refractivity contribution in [3.05, 3.63) is 0 Å². The lowest BCUT2D eigenvalue weighted by Crippen LogP contribution is -2.50. The van der Waals surface area contributed by atoms with E-state index in [0.717, 1.165) is 12.8 Å². The molecule has 1 aliphatic heterocycles. The predicted octanol–water partition coefficient (Wildman–Crippen LogP) is 2.70. The Labute approximate surface area is 160 Å². The molecule has 0 radical (unpaired) electrons. The second-order valence-corrected chi connectivity index (χ2v) is 8.62. The van der Waals surface area contributed by atoms with Crippen LogP contribution >= 0.6 is 11.6 Å². The molecule has 1 aliphatic rings. The zero-order valence-electron chi connectivity index (χ0n) is 16.4. The van der Waals surface area contributed by atoms with Crippen LogP contribution in [0.2, 0.25) is 0 Å². The number of rotatable bonds is 7. The minimum Gasteiger partial charge on any atom is -0.465 e. The Morgan fingerprint density at radius 2 is 1.85 bits per heavy atom. The van der Waals surface area contributed by atoms with E-state index >= 15 is 0 Å². The molecule has 1 N–H and O–H groups in total. The van der Waals surface area contributed by atoms with E-state index in [0.29, 0.717) is 19.5 Å². The van der Waals surface area contributed by atoms with E-state index in [1.807, 2.05) is 20.8 Å². The van der Waals surface area contributed by atoms with Crippen LogP contribution in [0.1, 0.15) is 53.9 Å². The van der Waals surface area contributed by atoms with E-state index in [9.17, 15) is 14.4 Å². The number of carbonyl (C=O) groups excluding carboxylic acids is 3. The maximum absolute atomic E-state index is 12.1. The first-order chi connectivity index (χ1) is 11.9. The number of ether oxygens (including phenoxy) is 2. The van der Waals surface area contributed by atoms with Crippen molar-refractivity contribution in [2.24, 2.45) is 5.41 Å². The number of nitrogens with one attached hydrogen (secondary N) is 1. The van der Waals surface area contributed by atoms with Gasteiger partial charge in [0.25, 0.3) is 0 Å². The quantitative estimate of drug-likeness (QED) is 0.531. The van der Waals surface area contributed by atoms with Crippen LogP contribution in [-0.2, 0) is 19.1 Å². The molecule has 0 aromatic heterocycles. The van der Waals surface area contributed by atoms with Gasteiger partial charge in [0.1, 0.15) is 5.60 Å². The highest BCUT2D eigenvalue weighted by molar-refractivity contribution is 6.64. The molecule has 0 saturated carbocycles. The van der Waals surface area contributed by atoms with Crippen molar-refractivity contribution in [1.82, 2.24) is 10.2 Å². The van der Waals surface area contributed by atoms with Crippen molar-refractivity contribution in [2.75, 3.05) is 26.2 Å². The van der Waals surface area contributed by atoms with E-state index < -0.39 is 22.2 Å². The van der Waals surface area contributed by atoms with E-state index in [-0.39, 0.29) is 25.3 Å². The first-order valence-electron chi connectivity index (χ1n) is 8.97. The fraction of sp³-hybridized carbons (Fsp3) is 0.833. The van der Waals surface area contributed by atoms with Gasteiger partial charge in [-0.05, 0) is 51.6 Å². The van der Waals surface area contributed by atoms with E-state index in [1.165, 1.54) is 0 Å². The molecule has 8 heteroatoms. The summed E-state index contributed by atoms with van der Waals surface area (Å²) in [4.78, 5) is 36.8. The molecule has 0 aromatic rings. The standard InChI is InChI=1S/C18H31ClN2O5/c1-17(2,3)26-16(24)21-9-6-7-13(12-21)20-11-14(22)25-10-8-18(4,5)15(19)23/h13,20H,6-12H2,1-5H3. The van der Waals surface area contributed by atoms with Gasteiger partial charge in [-0.25, -0.2) is 4.79 Å². The second-order valence-electron chi connectivity index (χ2n) is 8.27. The van der Waals surface area contributed by atoms with Gasteiger partial charge in [-0.15, -0.1) is 0 Å². The molecule has 1 unspecified atom stereocenters. The number of hydrogen-bond donors (Lipinski definition) is 1. The molecule has 0 aliphatic carbocycles. The summed E-state index contributed by atoms with van der Waals surface area (Å²) in [7, 11) is 0. The SMILES string of the molecule is CC(C)(C)OC(=O)N1CCCC(NCC(=O)OCCC(C)(C)C(=O)Cl)C1. The Bertz CT molecular complexity index is 516. The number of esters is 1. The molecule has 1 amide bonds. The molecular weight excluding hydrogens is 360 g/mol. The number of piperidine rings is 1. The van der Waals surface area contributed by atoms with Crippen molar-refractivity contribution in [3.63, 3.8) is 0 Å². The second kappa shape index (κ2) is 9.55. The highest BCUT2D eigenvalue weighted by atomic mass is 35.5. The number of amides is 1. The fourth-order valence-electron chi connectivity index (χ4n) is 2.43. The Morgan fingerprint density at radius 3 is 2.42 bits per heavy atom. The summed E-state index contributed by atoms with van der Waals surface area (Å²) in [6, 6.07) is 0.0182. The molecule has 26 heavy (non-hydrogen) atoms. The van der Waals surface area contributed by atoms with Gasteiger partial charge in [0.2, 0.25) is 5.24 Å². The fourth-order valence-corrected chi connectivity index (χ4v) is 2.53. The van der Waals surface area contributed by atoms with Gasteiger partial charge in [-0.3, -0.25) is 9.59 Å². The number of carbonyl (C=O) groups is 3. The van der Waals surface area contributed by atoms with Crippen LogP contribution in [0.4, 0.5) is 4.79 Å². The highest BCUT2D eigenvalue weighted by Crippen LogP contribution is 2.23. The first-order valence-corrected chi connectivity index (χ1v) is 9.35. The highest BCUT2D eigenvalue weighted by Gasteiger charge is 2.28. The maximum Gasteiger partial charge on any atom is 0.410 e. The monoisotopic (exact) mass is 390 g/mol. The summed E-state index contributed by atoms with van der Waals surface area (Å²) in [5.74, 6) is -0.391. The maximum atomic E-state index is 12.1. The third-order valence-corrected chi connectivity index (χ3v) is 4.64. The zero-order valence-corrected chi connectivity index (χ0v) is 17.1. The molecule has 1 rings (SSSR count). The van der Waals surface area contributed by atoms with Gasteiger partial charge in [0.05, 0.1) is 13.2 Å². The minimum atomic E-state index is -0.716. The average molecular weight is 391 g/mol. The van der Waals surface area contributed by atoms with Crippen LogP contribution < -0.4 is 5.32 Å². The van der Waals surface area contributed by atoms with Crippen molar-refractivity contribution >= 4 is 28.9 Å². The topological polar surface area (TPSA) is 84.9 Å². The summed E-state index contributed by atoms with van der Waals surface area (Å²) >= 11 is 5.49. The Morgan fingerprint density at radius 1 is 1.19 bits per heavy atom. The van der Waals surface area contributed by atoms with Crippen LogP contribution in [0.25, 0.3) is 0 Å². The number of hydrogen-bond acceptors (Lipinski definition) is 6. The van der Waals surface area contributed by atoms with Crippen LogP contribution in [-0.4, -0.2) is 60.1 Å². The molecule has 0 spiro atoms. The summed E-state index contributed by atoms with van der Waals surface area (Å²) in [5, 5.41) is 2.67. The number of halogens is 1. The van der Waals surface area contributed by atoms with Crippen molar-refractivity contribution in [2.45, 2.75) is 65.5 Å². The van der Waals surface area contributed by atoms with Crippen LogP contribution in [0.15, 0.2) is 0 Å². The predicted molar refractivity (Wildman–Crippen MR) is 99.0 cm³/mol. The van der Waals surface area contributed by atoms with Crippen LogP contribution in [0.3, 0.4) is 0 Å². The van der Waals surface area contributed by atoms with Gasteiger partial charge in [0.15, 0.2) is 0 Å². The van der Waals surface area contributed by atoms with E-state index in [2.05, 4.69) is 5.32 Å². The average Bonchev–Trinajstić information content (AvgIpc) is 2.51. The van der Waals surface area contributed by atoms with Crippen LogP contribution in [0, 0.1) is 5.41 Å². The summed E-state index contributed by atoms with van der Waals surface area (Å²) in [6.45, 7) is 10.3. The summed E-state index contributed by atoms with van der Waals surface area (Å²) < 4.78 is 10.5. The summed E-state index contributed by atoms with van der Waals surface area (Å²) in [5.41, 5.74) is -1.24. The van der Waals surface area contributed by atoms with Gasteiger partial charge < -0.3 is 19.7 Å². The van der Waals surface area contributed by atoms with E-state index in [4.69, 9.17) is 21.1 Å². The van der Waals surface area contributed by atoms with Crippen molar-refractivity contribution in [1.29, 1.82) is 0 Å². The third-order valence-electron chi connectivity index (χ3n) is 4.13. The number of nitrogens with zero attached hydrogens (tertiary/aromatic N) is 1. The van der Waals surface area contributed by atoms with Gasteiger partial charge >= 0.3 is 12.1 Å². The Hall–Kier alpha value is -1.34. The summed E-state index contributed by atoms with van der Waals surface area (Å²) in [6.07, 6.45) is 1.76. The van der Waals surface area contributed by atoms with Crippen molar-refractivity contribution < 1.29 is 23.9 Å². The zero-order chi connectivity index (χ0) is 20.0. The van der Waals surface area contributed by atoms with Crippen molar-refractivity contribution in [3.8, 4) is 0 Å². The number of likely N-dealkylation sites (tertiary alicyclic amines) is 1. The molecular formula is C18H31ClN2O5. The third kappa shape index (κ3) is 8.36. The lowest BCUT2D eigenvalue weighted by atomic mass is 9.92. The molecule has 1 atom stereocenters. The molecule has 150 valence electrons. The molecule has 7 nitrogen and oxygen atoms in total. The van der Waals surface area contributed by atoms with Gasteiger partial charge in [-0.1, -0.05) is 13.8 Å². The normalized spacial score (nSPS) is 18.4. The van der Waals surface area contributed by atoms with Gasteiger partial charge in [0, 0.05) is 24.5 Å². The Balaban J connectivity index is 2.32. The smallest absolute Gasteiger partial charge is 0.410 e. The van der Waals surface area contributed by atoms with Crippen LogP contribution in [0.5, 0.6) is 0 Å². The lowest BCUT2D eigenvalue weighted by Gasteiger charge is -2.34. The van der Waals surface area contributed by atoms with E-state index in [1.54, 1.807) is 18.7 Å². The molecule has 0 bridgehead atoms. The molecule has 1 heterocycles. The molecule has 1 saturated heterocycles. The minimum absolute atomic E-state index is 0.0182. The largest absolute Gasteiger partial charge is 0.465 e.